The molecule has 0 radical (unpaired) electrons. The van der Waals surface area contributed by atoms with Gasteiger partial charge in [-0.2, -0.15) is 0 Å². The first kappa shape index (κ1) is 18.2. The lowest BCUT2D eigenvalue weighted by molar-refractivity contribution is 0.0697. The SMILES string of the molecule is O=C(O)c1cccccccccccccc2c3c(cccc3c1)C=C2. The van der Waals surface area contributed by atoms with Crippen LogP contribution in [0.1, 0.15) is 21.5 Å². The molecule has 0 unspecified atom stereocenters. The van der Waals surface area contributed by atoms with Crippen molar-refractivity contribution in [1.29, 1.82) is 0 Å². The summed E-state index contributed by atoms with van der Waals surface area (Å²) >= 11 is 0. The molecule has 0 amide bonds. The van der Waals surface area contributed by atoms with Gasteiger partial charge >= 0.3 is 5.97 Å². The van der Waals surface area contributed by atoms with Crippen LogP contribution in [0, 0.1) is 0 Å². The van der Waals surface area contributed by atoms with Crippen molar-refractivity contribution in [1.82, 2.24) is 0 Å². The molecule has 2 nitrogen and oxygen atoms in total. The van der Waals surface area contributed by atoms with Crippen LogP contribution in [-0.2, 0) is 0 Å². The summed E-state index contributed by atoms with van der Waals surface area (Å²) in [7, 11) is 0. The predicted octanol–water partition coefficient (Wildman–Crippen LogP) is 6.40. The molecular formula is C25H20O2. The average molecular weight is 352 g/mol. The lowest BCUT2D eigenvalue weighted by Gasteiger charge is -1.99. The van der Waals surface area contributed by atoms with Crippen LogP contribution in [-0.4, -0.2) is 11.1 Å². The molecule has 0 fully saturated rings. The minimum absolute atomic E-state index is 0.239. The predicted molar refractivity (Wildman–Crippen MR) is 113 cm³/mol. The van der Waals surface area contributed by atoms with Crippen molar-refractivity contribution < 1.29 is 9.90 Å². The summed E-state index contributed by atoms with van der Waals surface area (Å²) in [6.07, 6.45) is 4.11. The van der Waals surface area contributed by atoms with Gasteiger partial charge in [-0.05, 0) is 34.0 Å². The Labute approximate surface area is 159 Å². The molecule has 1 N–H and O–H groups in total. The summed E-state index contributed by atoms with van der Waals surface area (Å²) in [5.74, 6) is -0.952. The van der Waals surface area contributed by atoms with Gasteiger partial charge in [-0.1, -0.05) is 103 Å². The van der Waals surface area contributed by atoms with Crippen molar-refractivity contribution in [3.8, 4) is 0 Å². The minimum Gasteiger partial charge on any atom is -0.478 e. The Hall–Kier alpha value is -3.65. The van der Waals surface area contributed by atoms with Gasteiger partial charge in [0.2, 0.25) is 0 Å². The van der Waals surface area contributed by atoms with Crippen molar-refractivity contribution in [2.45, 2.75) is 0 Å². The Morgan fingerprint density at radius 1 is 0.593 bits per heavy atom. The van der Waals surface area contributed by atoms with Gasteiger partial charge in [-0.25, -0.2) is 4.79 Å². The average Bonchev–Trinajstić information content (AvgIpc) is 3.07. The maximum atomic E-state index is 11.7. The van der Waals surface area contributed by atoms with Gasteiger partial charge in [0.25, 0.3) is 0 Å². The van der Waals surface area contributed by atoms with Gasteiger partial charge in [0, 0.05) is 0 Å². The van der Waals surface area contributed by atoms with E-state index in [0.29, 0.717) is 0 Å². The Bertz CT molecular complexity index is 1060. The second kappa shape index (κ2) is 9.16. The smallest absolute Gasteiger partial charge is 0.335 e. The first-order valence-corrected chi connectivity index (χ1v) is 8.74. The highest BCUT2D eigenvalue weighted by atomic mass is 16.4. The minimum atomic E-state index is -0.952. The van der Waals surface area contributed by atoms with E-state index in [-0.39, 0.29) is 5.56 Å². The highest BCUT2D eigenvalue weighted by Gasteiger charge is 2.07. The van der Waals surface area contributed by atoms with Crippen LogP contribution >= 0.6 is 0 Å². The molecule has 0 spiro atoms. The van der Waals surface area contributed by atoms with Gasteiger partial charge in [-0.15, -0.1) is 0 Å². The van der Waals surface area contributed by atoms with Crippen molar-refractivity contribution in [2.75, 3.05) is 0 Å². The monoisotopic (exact) mass is 352 g/mol. The Balaban J connectivity index is 2.32. The summed E-state index contributed by atoms with van der Waals surface area (Å²) in [5.41, 5.74) is 2.40. The van der Waals surface area contributed by atoms with Crippen LogP contribution in [0.5, 0.6) is 0 Å². The van der Waals surface area contributed by atoms with Gasteiger partial charge < -0.3 is 5.11 Å². The molecule has 1 aliphatic carbocycles. The van der Waals surface area contributed by atoms with E-state index in [1.807, 2.05) is 84.9 Å². The van der Waals surface area contributed by atoms with E-state index in [4.69, 9.17) is 0 Å². The molecule has 2 heteroatoms. The van der Waals surface area contributed by atoms with Crippen molar-refractivity contribution in [3.05, 3.63) is 120 Å². The third-order valence-corrected chi connectivity index (χ3v) is 4.08. The van der Waals surface area contributed by atoms with Crippen molar-refractivity contribution in [3.63, 3.8) is 0 Å². The lowest BCUT2D eigenvalue weighted by Crippen LogP contribution is -1.93. The number of carboxylic acids is 1. The van der Waals surface area contributed by atoms with Gasteiger partial charge in [-0.3, -0.25) is 0 Å². The summed E-state index contributed by atoms with van der Waals surface area (Å²) in [5, 5.41) is 11.5. The standard InChI is InChI=1S/C25H20O2/c26-25(27)23-14-11-9-7-5-3-1-2-4-6-8-10-13-20-17-18-21-15-12-16-22(19-23)24(20)21/h1-19H,(H,26,27). The zero-order valence-corrected chi connectivity index (χ0v) is 14.8. The number of carboxylic acid groups (broad SMARTS) is 1. The third kappa shape index (κ3) is 4.93. The first-order chi connectivity index (χ1) is 13.3. The van der Waals surface area contributed by atoms with Crippen LogP contribution in [0.4, 0.5) is 0 Å². The fraction of sp³-hybridized carbons (Fsp3) is 0. The Kier molecular flexibility index (Phi) is 6.16. The molecule has 1 aliphatic rings. The molecule has 0 saturated carbocycles. The zero-order valence-electron chi connectivity index (χ0n) is 14.8. The number of hydrogen-bond donors (Lipinski definition) is 1. The van der Waals surface area contributed by atoms with Crippen LogP contribution < -0.4 is 0 Å². The number of hydrogen-bond acceptors (Lipinski definition) is 1. The molecule has 0 saturated heterocycles. The van der Waals surface area contributed by atoms with Crippen molar-refractivity contribution in [2.24, 2.45) is 0 Å². The first-order valence-electron chi connectivity index (χ1n) is 8.74. The summed E-state index contributed by atoms with van der Waals surface area (Å²) in [6, 6.07) is 32.3. The Morgan fingerprint density at radius 3 is 1.63 bits per heavy atom. The van der Waals surface area contributed by atoms with Crippen LogP contribution in [0.25, 0.3) is 22.9 Å². The fourth-order valence-electron chi connectivity index (χ4n) is 2.83. The summed E-state index contributed by atoms with van der Waals surface area (Å²) in [6.45, 7) is 0. The topological polar surface area (TPSA) is 37.3 Å². The van der Waals surface area contributed by atoms with Crippen LogP contribution in [0.15, 0.2) is 103 Å². The molecule has 0 aliphatic heterocycles. The second-order valence-corrected chi connectivity index (χ2v) is 5.96. The highest BCUT2D eigenvalue weighted by Crippen LogP contribution is 2.29. The van der Waals surface area contributed by atoms with Gasteiger partial charge in [0.15, 0.2) is 0 Å². The molecule has 0 heterocycles. The number of rotatable bonds is 1. The summed E-state index contributed by atoms with van der Waals surface area (Å²) in [4.78, 5) is 11.7. The van der Waals surface area contributed by atoms with E-state index in [2.05, 4.69) is 12.2 Å². The van der Waals surface area contributed by atoms with Gasteiger partial charge in [0.1, 0.15) is 0 Å². The Morgan fingerprint density at radius 2 is 1.07 bits per heavy atom. The number of carbonyl (C=O) groups is 1. The lowest BCUT2D eigenvalue weighted by atomic mass is 10.1. The zero-order chi connectivity index (χ0) is 18.9. The molecule has 27 heavy (non-hydrogen) atoms. The molecular weight excluding hydrogens is 332 g/mol. The maximum Gasteiger partial charge on any atom is 0.335 e. The van der Waals surface area contributed by atoms with E-state index in [1.165, 1.54) is 0 Å². The molecule has 2 aromatic rings. The summed E-state index contributed by atoms with van der Waals surface area (Å²) < 4.78 is 0. The third-order valence-electron chi connectivity index (χ3n) is 4.08. The number of aromatic carboxylic acids is 1. The second-order valence-electron chi connectivity index (χ2n) is 5.96. The van der Waals surface area contributed by atoms with Crippen LogP contribution in [0.3, 0.4) is 0 Å². The molecule has 0 bridgehead atoms. The van der Waals surface area contributed by atoms with Crippen molar-refractivity contribution >= 4 is 28.9 Å². The quantitative estimate of drug-likeness (QED) is 0.550. The van der Waals surface area contributed by atoms with E-state index in [0.717, 1.165) is 21.9 Å². The van der Waals surface area contributed by atoms with E-state index in [9.17, 15) is 9.90 Å². The van der Waals surface area contributed by atoms with Gasteiger partial charge in [0.05, 0.1) is 5.56 Å². The molecule has 0 aromatic heterocycles. The number of benzene rings is 1. The normalized spacial score (nSPS) is 10.4. The highest BCUT2D eigenvalue weighted by molar-refractivity contribution is 6.05. The molecule has 132 valence electrons. The fourth-order valence-corrected chi connectivity index (χ4v) is 2.83. The molecule has 3 rings (SSSR count). The van der Waals surface area contributed by atoms with E-state index >= 15 is 0 Å². The largest absolute Gasteiger partial charge is 0.478 e. The molecule has 0 atom stereocenters. The maximum absolute atomic E-state index is 11.7. The van der Waals surface area contributed by atoms with E-state index in [1.54, 1.807) is 18.2 Å². The molecule has 2 aromatic carbocycles. The van der Waals surface area contributed by atoms with E-state index < -0.39 is 5.97 Å². The van der Waals surface area contributed by atoms with Crippen LogP contribution in [0.2, 0.25) is 0 Å².